The first-order chi connectivity index (χ1) is 17.0. The van der Waals surface area contributed by atoms with Crippen LogP contribution in [0.15, 0.2) is 55.0 Å². The lowest BCUT2D eigenvalue weighted by molar-refractivity contribution is -0.143. The zero-order valence-electron chi connectivity index (χ0n) is 18.4. The van der Waals surface area contributed by atoms with Crippen molar-refractivity contribution in [2.45, 2.75) is 12.4 Å². The van der Waals surface area contributed by atoms with Gasteiger partial charge in [-0.25, -0.2) is 19.7 Å². The lowest BCUT2D eigenvalue weighted by Crippen LogP contribution is -2.50. The molecule has 3 heterocycles. The number of alkyl halides is 6. The zero-order valence-corrected chi connectivity index (χ0v) is 18.4. The molecule has 2 aromatic heterocycles. The highest BCUT2D eigenvalue weighted by Gasteiger charge is 2.37. The minimum absolute atomic E-state index is 0.00706. The van der Waals surface area contributed by atoms with E-state index in [-0.39, 0.29) is 19.2 Å². The van der Waals surface area contributed by atoms with E-state index in [2.05, 4.69) is 25.6 Å². The van der Waals surface area contributed by atoms with Crippen LogP contribution in [0.3, 0.4) is 0 Å². The Labute approximate surface area is 201 Å². The second-order valence-corrected chi connectivity index (χ2v) is 7.80. The van der Waals surface area contributed by atoms with Gasteiger partial charge >= 0.3 is 18.4 Å². The Kier molecular flexibility index (Phi) is 6.86. The quantitative estimate of drug-likeness (QED) is 0.480. The molecule has 1 aromatic carbocycles. The summed E-state index contributed by atoms with van der Waals surface area (Å²) >= 11 is 0. The fourth-order valence-corrected chi connectivity index (χ4v) is 3.52. The highest BCUT2D eigenvalue weighted by molar-refractivity contribution is 5.89. The molecule has 0 saturated carbocycles. The number of hydrogen-bond donors (Lipinski definition) is 2. The molecule has 1 saturated heterocycles. The van der Waals surface area contributed by atoms with Gasteiger partial charge in [-0.05, 0) is 30.3 Å². The van der Waals surface area contributed by atoms with E-state index < -0.39 is 35.2 Å². The minimum Gasteiger partial charge on any atom is -0.353 e. The third kappa shape index (κ3) is 6.12. The Bertz CT molecular complexity index is 1180. The number of carbonyl (C=O) groups is 1. The van der Waals surface area contributed by atoms with Crippen LogP contribution >= 0.6 is 0 Å². The number of aromatic nitrogens is 3. The molecule has 14 heteroatoms. The number of piperazine rings is 1. The van der Waals surface area contributed by atoms with Gasteiger partial charge < -0.3 is 20.4 Å². The standard InChI is InChI=1S/C22H19F6N7O/c23-21(24,25)14-9-15(22(26,27)28)11-16(10-14)32-20(36)35-7-5-34(6-8-35)19-12-18(30-13-31-19)33-17-3-1-2-4-29-17/h1-4,9-13H,5-8H2,(H,32,36)(H,29,30,31,33). The van der Waals surface area contributed by atoms with Crippen molar-refractivity contribution in [3.63, 3.8) is 0 Å². The molecule has 36 heavy (non-hydrogen) atoms. The lowest BCUT2D eigenvalue weighted by Gasteiger charge is -2.35. The summed E-state index contributed by atoms with van der Waals surface area (Å²) in [6.45, 7) is 1.02. The number of halogens is 6. The van der Waals surface area contributed by atoms with Crippen LogP contribution in [0.25, 0.3) is 0 Å². The van der Waals surface area contributed by atoms with Gasteiger partial charge in [0.05, 0.1) is 11.1 Å². The van der Waals surface area contributed by atoms with E-state index in [0.29, 0.717) is 42.7 Å². The Hall–Kier alpha value is -4.10. The van der Waals surface area contributed by atoms with Crippen LogP contribution in [0.1, 0.15) is 11.1 Å². The predicted molar refractivity (Wildman–Crippen MR) is 119 cm³/mol. The number of nitrogens with one attached hydrogen (secondary N) is 2. The fourth-order valence-electron chi connectivity index (χ4n) is 3.52. The summed E-state index contributed by atoms with van der Waals surface area (Å²) in [6.07, 6.45) is -7.02. The maximum atomic E-state index is 13.1. The van der Waals surface area contributed by atoms with Gasteiger partial charge in [-0.15, -0.1) is 0 Å². The van der Waals surface area contributed by atoms with Crippen molar-refractivity contribution < 1.29 is 31.1 Å². The molecule has 4 rings (SSSR count). The Morgan fingerprint density at radius 2 is 1.47 bits per heavy atom. The normalized spacial score (nSPS) is 14.5. The Balaban J connectivity index is 1.40. The van der Waals surface area contributed by atoms with E-state index in [4.69, 9.17) is 0 Å². The molecular formula is C22H19F6N7O. The largest absolute Gasteiger partial charge is 0.416 e. The Morgan fingerprint density at radius 1 is 0.806 bits per heavy atom. The van der Waals surface area contributed by atoms with Crippen molar-refractivity contribution in [1.29, 1.82) is 0 Å². The topological polar surface area (TPSA) is 86.3 Å². The van der Waals surface area contributed by atoms with Crippen LogP contribution in [0.5, 0.6) is 0 Å². The van der Waals surface area contributed by atoms with Gasteiger partial charge in [0.15, 0.2) is 0 Å². The van der Waals surface area contributed by atoms with E-state index in [9.17, 15) is 31.1 Å². The summed E-state index contributed by atoms with van der Waals surface area (Å²) in [5, 5.41) is 5.20. The molecule has 2 N–H and O–H groups in total. The molecule has 0 spiro atoms. The Morgan fingerprint density at radius 3 is 2.06 bits per heavy atom. The number of urea groups is 1. The number of rotatable bonds is 4. The molecular weight excluding hydrogens is 492 g/mol. The monoisotopic (exact) mass is 511 g/mol. The molecule has 2 amide bonds. The molecule has 0 atom stereocenters. The van der Waals surface area contributed by atoms with E-state index in [1.807, 2.05) is 11.0 Å². The van der Waals surface area contributed by atoms with Gasteiger partial charge in [0, 0.05) is 44.1 Å². The summed E-state index contributed by atoms with van der Waals surface area (Å²) in [7, 11) is 0. The van der Waals surface area contributed by atoms with Crippen LogP contribution in [-0.2, 0) is 12.4 Å². The first kappa shape index (κ1) is 25.0. The zero-order chi connectivity index (χ0) is 25.9. The third-order valence-electron chi connectivity index (χ3n) is 5.30. The number of nitrogens with zero attached hydrogens (tertiary/aromatic N) is 5. The van der Waals surface area contributed by atoms with Crippen LogP contribution < -0.4 is 15.5 Å². The van der Waals surface area contributed by atoms with Gasteiger partial charge in [0.1, 0.15) is 23.8 Å². The van der Waals surface area contributed by atoms with Crippen LogP contribution in [-0.4, -0.2) is 52.1 Å². The van der Waals surface area contributed by atoms with Gasteiger partial charge in [-0.2, -0.15) is 26.3 Å². The average Bonchev–Trinajstić information content (AvgIpc) is 2.84. The van der Waals surface area contributed by atoms with Crippen molar-refractivity contribution >= 4 is 29.2 Å². The first-order valence-electron chi connectivity index (χ1n) is 10.6. The second-order valence-electron chi connectivity index (χ2n) is 7.80. The number of hydrogen-bond acceptors (Lipinski definition) is 6. The van der Waals surface area contributed by atoms with Crippen molar-refractivity contribution in [2.24, 2.45) is 0 Å². The SMILES string of the molecule is O=C(Nc1cc(C(F)(F)F)cc(C(F)(F)F)c1)N1CCN(c2cc(Nc3ccccn3)ncn2)CC1. The van der Waals surface area contributed by atoms with E-state index in [1.54, 1.807) is 24.4 Å². The van der Waals surface area contributed by atoms with Crippen LogP contribution in [0.4, 0.5) is 54.3 Å². The molecule has 0 bridgehead atoms. The number of carbonyl (C=O) groups excluding carboxylic acids is 1. The highest BCUT2D eigenvalue weighted by atomic mass is 19.4. The van der Waals surface area contributed by atoms with Crippen molar-refractivity contribution in [3.8, 4) is 0 Å². The van der Waals surface area contributed by atoms with E-state index >= 15 is 0 Å². The summed E-state index contributed by atoms with van der Waals surface area (Å²) in [6, 6.07) is 7.20. The summed E-state index contributed by atoms with van der Waals surface area (Å²) < 4.78 is 78.4. The number of anilines is 4. The highest BCUT2D eigenvalue weighted by Crippen LogP contribution is 2.37. The average molecular weight is 511 g/mol. The first-order valence-corrected chi connectivity index (χ1v) is 10.6. The molecule has 190 valence electrons. The molecule has 3 aromatic rings. The molecule has 0 unspecified atom stereocenters. The van der Waals surface area contributed by atoms with Gasteiger partial charge in [-0.3, -0.25) is 0 Å². The van der Waals surface area contributed by atoms with E-state index in [1.165, 1.54) is 11.2 Å². The van der Waals surface area contributed by atoms with Gasteiger partial charge in [0.2, 0.25) is 0 Å². The number of benzene rings is 1. The molecule has 0 aliphatic carbocycles. The maximum Gasteiger partial charge on any atom is 0.416 e. The summed E-state index contributed by atoms with van der Waals surface area (Å²) in [4.78, 5) is 28.3. The lowest BCUT2D eigenvalue weighted by atomic mass is 10.1. The summed E-state index contributed by atoms with van der Waals surface area (Å²) in [5.41, 5.74) is -3.60. The second kappa shape index (κ2) is 9.87. The van der Waals surface area contributed by atoms with Crippen molar-refractivity contribution in [3.05, 3.63) is 66.1 Å². The smallest absolute Gasteiger partial charge is 0.353 e. The predicted octanol–water partition coefficient (Wildman–Crippen LogP) is 5.01. The van der Waals surface area contributed by atoms with E-state index in [0.717, 1.165) is 0 Å². The van der Waals surface area contributed by atoms with Crippen molar-refractivity contribution in [2.75, 3.05) is 41.7 Å². The molecule has 0 radical (unpaired) electrons. The minimum atomic E-state index is -5.01. The van der Waals surface area contributed by atoms with Crippen molar-refractivity contribution in [1.82, 2.24) is 19.9 Å². The third-order valence-corrected chi connectivity index (χ3v) is 5.30. The van der Waals surface area contributed by atoms with Gasteiger partial charge in [0.25, 0.3) is 0 Å². The fraction of sp³-hybridized carbons (Fsp3) is 0.273. The molecule has 8 nitrogen and oxygen atoms in total. The molecule has 1 aliphatic rings. The summed E-state index contributed by atoms with van der Waals surface area (Å²) in [5.74, 6) is 1.67. The van der Waals surface area contributed by atoms with Crippen LogP contribution in [0, 0.1) is 0 Å². The van der Waals surface area contributed by atoms with Gasteiger partial charge in [-0.1, -0.05) is 6.07 Å². The van der Waals surface area contributed by atoms with Crippen LogP contribution in [0.2, 0.25) is 0 Å². The maximum absolute atomic E-state index is 13.1. The number of pyridine rings is 1. The number of amides is 2. The molecule has 1 aliphatic heterocycles. The molecule has 1 fully saturated rings.